The molecule has 1 aromatic heterocycles. The van der Waals surface area contributed by atoms with Crippen LogP contribution in [0.25, 0.3) is 0 Å². The fourth-order valence-corrected chi connectivity index (χ4v) is 2.40. The quantitative estimate of drug-likeness (QED) is 0.925. The lowest BCUT2D eigenvalue weighted by Gasteiger charge is -2.15. The van der Waals surface area contributed by atoms with Crippen molar-refractivity contribution in [1.29, 1.82) is 0 Å². The molecule has 0 fully saturated rings. The fourth-order valence-electron chi connectivity index (χ4n) is 2.22. The second-order valence-electron chi connectivity index (χ2n) is 4.67. The number of rotatable bonds is 3. The van der Waals surface area contributed by atoms with Crippen molar-refractivity contribution in [2.75, 3.05) is 0 Å². The molecule has 2 N–H and O–H groups in total. The summed E-state index contributed by atoms with van der Waals surface area (Å²) in [6.45, 7) is 3.99. The molecule has 0 bridgehead atoms. The smallest absolute Gasteiger partial charge is 0.0596 e. The molecule has 1 atom stereocenters. The first-order valence-corrected chi connectivity index (χ1v) is 6.37. The van der Waals surface area contributed by atoms with Gasteiger partial charge in [0.25, 0.3) is 0 Å². The van der Waals surface area contributed by atoms with Crippen LogP contribution in [-0.4, -0.2) is 9.78 Å². The van der Waals surface area contributed by atoms with Gasteiger partial charge in [0.2, 0.25) is 0 Å². The molecule has 0 spiro atoms. The largest absolute Gasteiger partial charge is 0.324 e. The molecule has 0 aliphatic heterocycles. The summed E-state index contributed by atoms with van der Waals surface area (Å²) in [6, 6.07) is 7.88. The molecule has 3 nitrogen and oxygen atoms in total. The molecule has 1 heterocycles. The maximum atomic E-state index is 6.28. The number of nitrogens with two attached hydrogens (primary N) is 1. The molecule has 0 saturated heterocycles. The number of hydrogen-bond acceptors (Lipinski definition) is 2. The van der Waals surface area contributed by atoms with E-state index < -0.39 is 0 Å². The Hall–Kier alpha value is -1.32. The second-order valence-corrected chi connectivity index (χ2v) is 5.07. The van der Waals surface area contributed by atoms with Crippen LogP contribution in [0.5, 0.6) is 0 Å². The van der Waals surface area contributed by atoms with Gasteiger partial charge in [-0.3, -0.25) is 4.68 Å². The predicted octanol–water partition coefficient (Wildman–Crippen LogP) is 2.93. The van der Waals surface area contributed by atoms with Gasteiger partial charge in [-0.2, -0.15) is 5.10 Å². The van der Waals surface area contributed by atoms with Gasteiger partial charge >= 0.3 is 0 Å². The van der Waals surface area contributed by atoms with Crippen molar-refractivity contribution in [3.8, 4) is 0 Å². The van der Waals surface area contributed by atoms with Crippen LogP contribution < -0.4 is 5.73 Å². The highest BCUT2D eigenvalue weighted by atomic mass is 35.5. The van der Waals surface area contributed by atoms with Crippen LogP contribution in [0.15, 0.2) is 24.3 Å². The lowest BCUT2D eigenvalue weighted by atomic mass is 9.98. The van der Waals surface area contributed by atoms with Gasteiger partial charge in [-0.1, -0.05) is 23.7 Å². The first-order chi connectivity index (χ1) is 8.49. The molecule has 0 saturated carbocycles. The zero-order chi connectivity index (χ0) is 13.3. The van der Waals surface area contributed by atoms with Crippen molar-refractivity contribution in [2.24, 2.45) is 12.8 Å². The fraction of sp³-hybridized carbons (Fsp3) is 0.357. The second kappa shape index (κ2) is 5.12. The number of aromatic nitrogens is 2. The van der Waals surface area contributed by atoms with Crippen molar-refractivity contribution in [3.05, 3.63) is 51.8 Å². The Balaban J connectivity index is 2.24. The van der Waals surface area contributed by atoms with Crippen molar-refractivity contribution in [1.82, 2.24) is 9.78 Å². The van der Waals surface area contributed by atoms with E-state index >= 15 is 0 Å². The first-order valence-electron chi connectivity index (χ1n) is 5.99. The van der Waals surface area contributed by atoms with Gasteiger partial charge in [-0.05, 0) is 37.1 Å². The summed E-state index contributed by atoms with van der Waals surface area (Å²) >= 11 is 6.12. The van der Waals surface area contributed by atoms with Gasteiger partial charge in [0.1, 0.15) is 0 Å². The van der Waals surface area contributed by atoms with Crippen LogP contribution in [0.1, 0.15) is 28.6 Å². The highest BCUT2D eigenvalue weighted by Crippen LogP contribution is 2.25. The van der Waals surface area contributed by atoms with Crippen LogP contribution >= 0.6 is 11.6 Å². The normalized spacial score (nSPS) is 12.7. The van der Waals surface area contributed by atoms with Crippen LogP contribution in [-0.2, 0) is 13.5 Å². The third-order valence-corrected chi connectivity index (χ3v) is 3.65. The van der Waals surface area contributed by atoms with E-state index in [1.54, 1.807) is 0 Å². The van der Waals surface area contributed by atoms with Crippen molar-refractivity contribution in [2.45, 2.75) is 26.3 Å². The van der Waals surface area contributed by atoms with Gasteiger partial charge in [0, 0.05) is 30.2 Å². The molecular formula is C14H18ClN3. The van der Waals surface area contributed by atoms with E-state index in [2.05, 4.69) is 11.2 Å². The number of nitrogens with zero attached hydrogens (tertiary/aromatic N) is 2. The van der Waals surface area contributed by atoms with E-state index in [-0.39, 0.29) is 6.04 Å². The molecule has 96 valence electrons. The van der Waals surface area contributed by atoms with E-state index in [0.717, 1.165) is 34.0 Å². The van der Waals surface area contributed by atoms with Gasteiger partial charge in [-0.25, -0.2) is 0 Å². The molecule has 18 heavy (non-hydrogen) atoms. The Morgan fingerprint density at radius 2 is 2.11 bits per heavy atom. The van der Waals surface area contributed by atoms with Gasteiger partial charge in [-0.15, -0.1) is 0 Å². The van der Waals surface area contributed by atoms with Gasteiger partial charge < -0.3 is 5.73 Å². The minimum Gasteiger partial charge on any atom is -0.324 e. The summed E-state index contributed by atoms with van der Waals surface area (Å²) in [7, 11) is 1.94. The Bertz CT molecular complexity index is 560. The Labute approximate surface area is 113 Å². The van der Waals surface area contributed by atoms with E-state index in [0.29, 0.717) is 0 Å². The molecule has 2 aromatic rings. The van der Waals surface area contributed by atoms with Gasteiger partial charge in [0.15, 0.2) is 0 Å². The van der Waals surface area contributed by atoms with Crippen LogP contribution in [0, 0.1) is 13.8 Å². The Kier molecular flexibility index (Phi) is 3.73. The SMILES string of the molecule is Cc1cc(CC(N)c2cccc(Cl)c2C)n(C)n1. The average molecular weight is 264 g/mol. The average Bonchev–Trinajstić information content (AvgIpc) is 2.61. The summed E-state index contributed by atoms with van der Waals surface area (Å²) in [5.74, 6) is 0. The zero-order valence-corrected chi connectivity index (χ0v) is 11.7. The van der Waals surface area contributed by atoms with Crippen LogP contribution in [0.2, 0.25) is 5.02 Å². The maximum absolute atomic E-state index is 6.28. The number of hydrogen-bond donors (Lipinski definition) is 1. The molecule has 2 rings (SSSR count). The molecule has 0 amide bonds. The highest BCUT2D eigenvalue weighted by molar-refractivity contribution is 6.31. The van der Waals surface area contributed by atoms with Crippen molar-refractivity contribution >= 4 is 11.6 Å². The Morgan fingerprint density at radius 3 is 2.72 bits per heavy atom. The van der Waals surface area contributed by atoms with Crippen LogP contribution in [0.4, 0.5) is 0 Å². The third kappa shape index (κ3) is 2.57. The topological polar surface area (TPSA) is 43.8 Å². The molecule has 0 aliphatic rings. The predicted molar refractivity (Wildman–Crippen MR) is 74.8 cm³/mol. The summed E-state index contributed by atoms with van der Waals surface area (Å²) in [5, 5.41) is 5.10. The number of benzene rings is 1. The molecule has 0 aliphatic carbocycles. The highest BCUT2D eigenvalue weighted by Gasteiger charge is 2.13. The lowest BCUT2D eigenvalue weighted by Crippen LogP contribution is -2.16. The number of halogens is 1. The molecule has 0 radical (unpaired) electrons. The van der Waals surface area contributed by atoms with E-state index in [9.17, 15) is 0 Å². The summed E-state index contributed by atoms with van der Waals surface area (Å²) in [6.07, 6.45) is 0.762. The molecule has 1 aromatic carbocycles. The van der Waals surface area contributed by atoms with Gasteiger partial charge in [0.05, 0.1) is 5.69 Å². The monoisotopic (exact) mass is 263 g/mol. The summed E-state index contributed by atoms with van der Waals surface area (Å²) in [4.78, 5) is 0. The minimum atomic E-state index is -0.0569. The standard InChI is InChI=1S/C14H18ClN3/c1-9-7-11(18(3)17-9)8-14(16)12-5-4-6-13(15)10(12)2/h4-7,14H,8,16H2,1-3H3. The first kappa shape index (κ1) is 13.1. The summed E-state index contributed by atoms with van der Waals surface area (Å²) in [5.41, 5.74) is 10.6. The lowest BCUT2D eigenvalue weighted by molar-refractivity contribution is 0.637. The van der Waals surface area contributed by atoms with E-state index in [1.165, 1.54) is 0 Å². The maximum Gasteiger partial charge on any atom is 0.0596 e. The molecule has 1 unspecified atom stereocenters. The van der Waals surface area contributed by atoms with E-state index in [4.69, 9.17) is 17.3 Å². The minimum absolute atomic E-state index is 0.0569. The van der Waals surface area contributed by atoms with Crippen molar-refractivity contribution in [3.63, 3.8) is 0 Å². The number of aryl methyl sites for hydroxylation is 2. The Morgan fingerprint density at radius 1 is 1.39 bits per heavy atom. The molecule has 4 heteroatoms. The third-order valence-electron chi connectivity index (χ3n) is 3.24. The van der Waals surface area contributed by atoms with Crippen molar-refractivity contribution < 1.29 is 0 Å². The van der Waals surface area contributed by atoms with Crippen LogP contribution in [0.3, 0.4) is 0 Å². The van der Waals surface area contributed by atoms with E-state index in [1.807, 2.05) is 43.8 Å². The summed E-state index contributed by atoms with van der Waals surface area (Å²) < 4.78 is 1.88. The zero-order valence-electron chi connectivity index (χ0n) is 10.9. The molecular weight excluding hydrogens is 246 g/mol.